The molecule has 296 valence electrons. The van der Waals surface area contributed by atoms with Crippen LogP contribution in [-0.4, -0.2) is 11.3 Å². The molecule has 0 saturated carbocycles. The van der Waals surface area contributed by atoms with Gasteiger partial charge in [-0.3, -0.25) is 0 Å². The molecule has 61 heavy (non-hydrogen) atoms. The molecule has 0 N–H and O–H groups in total. The third-order valence-corrected chi connectivity index (χ3v) is 11.8. The predicted octanol–water partition coefficient (Wildman–Crippen LogP) is 12.8. The number of nitrogens with zero attached hydrogens (tertiary/aromatic N) is 4. The first-order valence-corrected chi connectivity index (χ1v) is 20.0. The van der Waals surface area contributed by atoms with Gasteiger partial charge in [-0.1, -0.05) is 117 Å². The maximum Gasteiger partial charge on any atom is 0.252 e. The lowest BCUT2D eigenvalue weighted by Gasteiger charge is -2.46. The van der Waals surface area contributed by atoms with E-state index < -0.39 is 153 Å². The zero-order valence-electron chi connectivity index (χ0n) is 54.8. The monoisotopic (exact) mass is 811 g/mol. The van der Waals surface area contributed by atoms with Crippen LogP contribution in [-0.2, 0) is 16.2 Å². The molecule has 0 atom stereocenters. The normalized spacial score (nSPS) is 18.8. The van der Waals surface area contributed by atoms with Crippen LogP contribution in [0.4, 0.5) is 34.1 Å². The Morgan fingerprint density at radius 1 is 0.541 bits per heavy atom. The highest BCUT2D eigenvalue weighted by molar-refractivity contribution is 7.00. The van der Waals surface area contributed by atoms with E-state index in [0.29, 0.717) is 0 Å². The van der Waals surface area contributed by atoms with Gasteiger partial charge in [-0.05, 0) is 116 Å². The van der Waals surface area contributed by atoms with Crippen LogP contribution in [0.25, 0.3) is 49.4 Å². The molecule has 7 aromatic carbocycles. The van der Waals surface area contributed by atoms with Gasteiger partial charge in [-0.15, -0.1) is 0 Å². The second-order valence-electron chi connectivity index (χ2n) is 18.9. The van der Waals surface area contributed by atoms with Crippen molar-refractivity contribution in [3.05, 3.63) is 143 Å². The lowest BCUT2D eigenvalue weighted by Crippen LogP contribution is -2.62. The Kier molecular flexibility index (Phi) is 4.09. The molecule has 5 heterocycles. The van der Waals surface area contributed by atoms with Crippen molar-refractivity contribution in [2.24, 2.45) is 0 Å². The second kappa shape index (κ2) is 11.8. The number of nitriles is 1. The summed E-state index contributed by atoms with van der Waals surface area (Å²) in [7, 11) is 0. The van der Waals surface area contributed by atoms with Gasteiger partial charge in [0.2, 0.25) is 0 Å². The Morgan fingerprint density at radius 3 is 1.95 bits per heavy atom. The van der Waals surface area contributed by atoms with E-state index in [-0.39, 0.29) is 113 Å². The van der Waals surface area contributed by atoms with Crippen molar-refractivity contribution >= 4 is 101 Å². The number of para-hydroxylation sites is 2. The highest BCUT2D eigenvalue weighted by Crippen LogP contribution is 2.54. The molecule has 0 aliphatic carbocycles. The zero-order chi connectivity index (χ0) is 59.5. The molecule has 3 aliphatic heterocycles. The second-order valence-corrected chi connectivity index (χ2v) is 18.9. The van der Waals surface area contributed by atoms with E-state index in [2.05, 4.69) is 0 Å². The van der Waals surface area contributed by atoms with E-state index in [9.17, 15) is 27.2 Å². The van der Waals surface area contributed by atoms with Crippen LogP contribution < -0.4 is 26.2 Å². The van der Waals surface area contributed by atoms with Crippen molar-refractivity contribution in [1.29, 1.82) is 5.26 Å². The number of anilines is 6. The van der Waals surface area contributed by atoms with Crippen molar-refractivity contribution in [1.82, 2.24) is 4.57 Å². The third-order valence-electron chi connectivity index (χ3n) is 11.8. The first kappa shape index (κ1) is 21.2. The van der Waals surface area contributed by atoms with Gasteiger partial charge in [0, 0.05) is 33.2 Å². The molecule has 9 aromatic rings. The highest BCUT2D eigenvalue weighted by Gasteiger charge is 2.47. The smallest absolute Gasteiger partial charge is 0.252 e. The van der Waals surface area contributed by atoms with Gasteiger partial charge in [-0.25, -0.2) is 0 Å². The Labute approximate surface area is 385 Å². The molecule has 0 saturated heterocycles. The average molecular weight is 811 g/mol. The Balaban J connectivity index is 1.42. The number of hydrogen-bond donors (Lipinski definition) is 0. The molecular weight excluding hydrogens is 743 g/mol. The van der Waals surface area contributed by atoms with Crippen molar-refractivity contribution in [3.8, 4) is 11.8 Å². The van der Waals surface area contributed by atoms with E-state index in [1.54, 1.807) is 62.3 Å². The fourth-order valence-corrected chi connectivity index (χ4v) is 8.89. The SMILES string of the molecule is [2H]c1c([2H])c2c3c(c1[2H])-n1c4c([2H])c([2H])c(C(C)(C)C)c([2H])c4c4c([2H])c(C(C)(C)C)c([2H])c(c41)N3c1c([2H])c(C#N)c([2H])c3c1B2c1c([2H])c(C(C)(C)C)c([2H])c([2H])c1N3c1c([2H])c([2H])c([2H])c2oc3c([2H])c([2H])c([2H])c([2H])c3c12. The maximum atomic E-state index is 11.3. The molecule has 0 unspecified atom stereocenters. The fourth-order valence-electron chi connectivity index (χ4n) is 8.89. The van der Waals surface area contributed by atoms with E-state index in [0.717, 1.165) is 4.90 Å². The Morgan fingerprint density at radius 2 is 1.20 bits per heavy atom. The van der Waals surface area contributed by atoms with Gasteiger partial charge in [0.1, 0.15) is 11.2 Å². The summed E-state index contributed by atoms with van der Waals surface area (Å²) in [5.74, 6) is 0. The minimum Gasteiger partial charge on any atom is -0.456 e. The van der Waals surface area contributed by atoms with Crippen LogP contribution in [0.15, 0.2) is 125 Å². The summed E-state index contributed by atoms with van der Waals surface area (Å²) in [6.07, 6.45) is 0. The predicted molar refractivity (Wildman–Crippen MR) is 256 cm³/mol. The van der Waals surface area contributed by atoms with Crippen LogP contribution in [0.1, 0.15) is 112 Å². The summed E-state index contributed by atoms with van der Waals surface area (Å²) < 4.78 is 201. The summed E-state index contributed by atoms with van der Waals surface area (Å²) in [4.78, 5) is 2.43. The van der Waals surface area contributed by atoms with Crippen LogP contribution in [0.5, 0.6) is 0 Å². The number of benzene rings is 7. The van der Waals surface area contributed by atoms with E-state index in [1.165, 1.54) is 9.47 Å². The molecular formula is C55H47BN4O. The molecule has 12 rings (SSSR count). The maximum absolute atomic E-state index is 11.3. The van der Waals surface area contributed by atoms with Crippen LogP contribution in [0, 0.1) is 11.3 Å². The molecule has 0 bridgehead atoms. The van der Waals surface area contributed by atoms with Gasteiger partial charge >= 0.3 is 0 Å². The average Bonchev–Trinajstić information content (AvgIpc) is 4.10. The Bertz CT molecular complexity index is 4630. The standard InChI is InChI=1S/C55H47BN4O/c1-53(2,3)32-20-22-40-36(26-32)37-27-34(55(7,8)9)29-46-51(37)59(40)43-17-12-15-38-52(43)60(46)45-25-31(30-57)24-44-50(45)56(38)39-28-33(54(4,5)6)21-23-41(39)58(44)42-16-13-19-48-49(42)35-14-10-11-18-47(35)61-48/h10-29H,1-9H3/i10D,11D,12D,13D,14D,15D,16D,17D,18D,19D,20D,21D,22D,23D,24D,25D,26D,27D,28D,29D. The van der Waals surface area contributed by atoms with E-state index in [4.69, 9.17) is 9.90 Å². The van der Waals surface area contributed by atoms with Crippen molar-refractivity contribution in [2.45, 2.75) is 78.6 Å². The largest absolute Gasteiger partial charge is 0.456 e. The third kappa shape index (κ3) is 4.84. The lowest BCUT2D eigenvalue weighted by molar-refractivity contribution is 0.590. The minimum absolute atomic E-state index is 0.0102. The molecule has 0 spiro atoms. The lowest BCUT2D eigenvalue weighted by atomic mass is 9.33. The van der Waals surface area contributed by atoms with Gasteiger partial charge in [0.25, 0.3) is 6.71 Å². The molecule has 2 aromatic heterocycles. The summed E-state index contributed by atoms with van der Waals surface area (Å²) in [6, 6.07) is -9.81. The Hall–Kier alpha value is -6.71. The molecule has 5 nitrogen and oxygen atoms in total. The number of furan rings is 1. The number of hydrogen-bond acceptors (Lipinski definition) is 4. The zero-order valence-corrected chi connectivity index (χ0v) is 34.8. The van der Waals surface area contributed by atoms with Crippen molar-refractivity contribution in [2.75, 3.05) is 9.80 Å². The highest BCUT2D eigenvalue weighted by atomic mass is 16.3. The van der Waals surface area contributed by atoms with Crippen molar-refractivity contribution < 1.29 is 31.8 Å². The van der Waals surface area contributed by atoms with Gasteiger partial charge in [-0.2, -0.15) is 5.26 Å². The molecule has 0 radical (unpaired) electrons. The quantitative estimate of drug-likeness (QED) is 0.155. The van der Waals surface area contributed by atoms with Crippen molar-refractivity contribution in [3.63, 3.8) is 0 Å². The summed E-state index contributed by atoms with van der Waals surface area (Å²) in [5, 5.41) is 10.6. The van der Waals surface area contributed by atoms with E-state index >= 15 is 0 Å². The minimum atomic E-state index is -1.68. The number of rotatable bonds is 1. The molecule has 0 fully saturated rings. The summed E-state index contributed by atoms with van der Waals surface area (Å²) in [6.45, 7) is 14.0. The summed E-state index contributed by atoms with van der Waals surface area (Å²) >= 11 is 0. The van der Waals surface area contributed by atoms with Gasteiger partial charge in [0.15, 0.2) is 0 Å². The van der Waals surface area contributed by atoms with Crippen LogP contribution in [0.2, 0.25) is 0 Å². The molecule has 6 heteroatoms. The molecule has 3 aliphatic rings. The van der Waals surface area contributed by atoms with Crippen LogP contribution in [0.3, 0.4) is 0 Å². The van der Waals surface area contributed by atoms with E-state index in [1.807, 2.05) is 6.07 Å². The topological polar surface area (TPSA) is 48.3 Å². The summed E-state index contributed by atoms with van der Waals surface area (Å²) in [5.41, 5.74) is -7.56. The number of fused-ring (bicyclic) bond motifs is 12. The first-order valence-electron chi connectivity index (χ1n) is 30.0. The number of aromatic nitrogens is 1. The fraction of sp³-hybridized carbons (Fsp3) is 0.218. The first-order chi connectivity index (χ1) is 37.5. The van der Waals surface area contributed by atoms with Gasteiger partial charge in [0.05, 0.1) is 78.2 Å². The van der Waals surface area contributed by atoms with Crippen LogP contribution >= 0.6 is 0 Å². The van der Waals surface area contributed by atoms with Gasteiger partial charge < -0.3 is 18.8 Å². The molecule has 0 amide bonds.